The number of ether oxygens (including phenoxy) is 1. The van der Waals surface area contributed by atoms with Crippen LogP contribution in [0, 0.1) is 11.7 Å². The molecule has 8 heteroatoms. The summed E-state index contributed by atoms with van der Waals surface area (Å²) in [5, 5.41) is 3.03. The standard InChI is InChI=1S/C26H31FN4O3/c27-21-6-3-4-19(14-21)16-28-26(33)22-15-20-5-1-2-7-23(20)31-9-8-29(17-24(22)31)18-25(32)30-10-12-34-13-11-30/h1-7,14,22,24H,8-13,15-18H2,(H,28,33)/t22-,24-/m1/s1. The molecule has 0 aromatic heterocycles. The summed E-state index contributed by atoms with van der Waals surface area (Å²) in [4.78, 5) is 32.6. The predicted molar refractivity (Wildman–Crippen MR) is 127 cm³/mol. The highest BCUT2D eigenvalue weighted by Crippen LogP contribution is 2.36. The molecular weight excluding hydrogens is 435 g/mol. The van der Waals surface area contributed by atoms with Crippen LogP contribution in [0.25, 0.3) is 0 Å². The second kappa shape index (κ2) is 10.1. The van der Waals surface area contributed by atoms with E-state index in [-0.39, 0.29) is 29.6 Å². The Labute approximate surface area is 199 Å². The Morgan fingerprint density at radius 2 is 1.85 bits per heavy atom. The van der Waals surface area contributed by atoms with E-state index >= 15 is 0 Å². The molecule has 2 aromatic rings. The van der Waals surface area contributed by atoms with Gasteiger partial charge in [-0.3, -0.25) is 14.5 Å². The summed E-state index contributed by atoms with van der Waals surface area (Å²) < 4.78 is 18.9. The Hall–Kier alpha value is -2.97. The first-order valence-corrected chi connectivity index (χ1v) is 12.0. The van der Waals surface area contributed by atoms with Gasteiger partial charge in [-0.25, -0.2) is 4.39 Å². The van der Waals surface area contributed by atoms with Gasteiger partial charge in [0.1, 0.15) is 5.82 Å². The first-order valence-electron chi connectivity index (χ1n) is 12.0. The molecule has 3 aliphatic heterocycles. The second-order valence-electron chi connectivity index (χ2n) is 9.28. The molecule has 2 atom stereocenters. The SMILES string of the molecule is O=C(NCc1cccc(F)c1)[C@@H]1Cc2ccccc2N2CCN(CC(=O)N3CCOCC3)C[C@H]12. The van der Waals surface area contributed by atoms with E-state index in [2.05, 4.69) is 27.2 Å². The number of nitrogens with zero attached hydrogens (tertiary/aromatic N) is 3. The molecule has 2 aromatic carbocycles. The van der Waals surface area contributed by atoms with Gasteiger partial charge >= 0.3 is 0 Å². The first kappa shape index (κ1) is 22.8. The van der Waals surface area contributed by atoms with Crippen molar-refractivity contribution in [1.82, 2.24) is 15.1 Å². The number of halogens is 1. The van der Waals surface area contributed by atoms with Gasteiger partial charge in [0.05, 0.1) is 31.7 Å². The van der Waals surface area contributed by atoms with Crippen LogP contribution in [0.15, 0.2) is 48.5 Å². The van der Waals surface area contributed by atoms with Crippen LogP contribution in [0.1, 0.15) is 11.1 Å². The average molecular weight is 467 g/mol. The Balaban J connectivity index is 1.30. The number of para-hydroxylation sites is 1. The Morgan fingerprint density at radius 1 is 1.03 bits per heavy atom. The smallest absolute Gasteiger partial charge is 0.236 e. The molecule has 1 N–H and O–H groups in total. The number of amides is 2. The molecule has 3 heterocycles. The quantitative estimate of drug-likeness (QED) is 0.726. The number of benzene rings is 2. The number of piperazine rings is 1. The third-order valence-electron chi connectivity index (χ3n) is 7.12. The van der Waals surface area contributed by atoms with Crippen LogP contribution in [0.3, 0.4) is 0 Å². The lowest BCUT2D eigenvalue weighted by molar-refractivity contribution is -0.136. The van der Waals surface area contributed by atoms with E-state index in [0.717, 1.165) is 18.7 Å². The average Bonchev–Trinajstić information content (AvgIpc) is 2.87. The summed E-state index contributed by atoms with van der Waals surface area (Å²) in [6.45, 7) is 5.32. The van der Waals surface area contributed by atoms with Crippen molar-refractivity contribution in [1.29, 1.82) is 0 Å². The van der Waals surface area contributed by atoms with E-state index in [9.17, 15) is 14.0 Å². The van der Waals surface area contributed by atoms with Gasteiger partial charge in [0.25, 0.3) is 0 Å². The molecule has 0 unspecified atom stereocenters. The topological polar surface area (TPSA) is 65.1 Å². The zero-order valence-corrected chi connectivity index (χ0v) is 19.3. The van der Waals surface area contributed by atoms with Crippen LogP contribution in [0.5, 0.6) is 0 Å². The van der Waals surface area contributed by atoms with E-state index < -0.39 is 0 Å². The number of carbonyl (C=O) groups excluding carboxylic acids is 2. The minimum absolute atomic E-state index is 0.0198. The molecule has 3 aliphatic rings. The molecule has 180 valence electrons. The Morgan fingerprint density at radius 3 is 2.68 bits per heavy atom. The third-order valence-corrected chi connectivity index (χ3v) is 7.12. The summed E-state index contributed by atoms with van der Waals surface area (Å²) in [5.74, 6) is -0.461. The predicted octanol–water partition coefficient (Wildman–Crippen LogP) is 1.66. The van der Waals surface area contributed by atoms with Crippen molar-refractivity contribution < 1.29 is 18.7 Å². The summed E-state index contributed by atoms with van der Waals surface area (Å²) in [7, 11) is 0. The van der Waals surface area contributed by atoms with Crippen molar-refractivity contribution in [2.45, 2.75) is 19.0 Å². The number of carbonyl (C=O) groups is 2. The molecule has 34 heavy (non-hydrogen) atoms. The van der Waals surface area contributed by atoms with Crippen LogP contribution in [-0.4, -0.2) is 80.1 Å². The van der Waals surface area contributed by atoms with Gasteiger partial charge in [-0.05, 0) is 35.7 Å². The number of fused-ring (bicyclic) bond motifs is 3. The van der Waals surface area contributed by atoms with E-state index in [1.807, 2.05) is 23.1 Å². The highest BCUT2D eigenvalue weighted by molar-refractivity contribution is 5.82. The molecule has 5 rings (SSSR count). The molecular formula is C26H31FN4O3. The van der Waals surface area contributed by atoms with E-state index in [4.69, 9.17) is 4.74 Å². The van der Waals surface area contributed by atoms with Gasteiger partial charge in [-0.1, -0.05) is 30.3 Å². The fraction of sp³-hybridized carbons (Fsp3) is 0.462. The number of morpholine rings is 1. The summed E-state index contributed by atoms with van der Waals surface area (Å²) in [5.41, 5.74) is 3.09. The van der Waals surface area contributed by atoms with Gasteiger partial charge in [0, 0.05) is 45.0 Å². The second-order valence-corrected chi connectivity index (χ2v) is 9.28. The van der Waals surface area contributed by atoms with Gasteiger partial charge < -0.3 is 19.9 Å². The van der Waals surface area contributed by atoms with Crippen molar-refractivity contribution in [3.63, 3.8) is 0 Å². The summed E-state index contributed by atoms with van der Waals surface area (Å²) in [6, 6.07) is 14.6. The minimum Gasteiger partial charge on any atom is -0.378 e. The van der Waals surface area contributed by atoms with Gasteiger partial charge in [-0.15, -0.1) is 0 Å². The fourth-order valence-corrected chi connectivity index (χ4v) is 5.33. The highest BCUT2D eigenvalue weighted by atomic mass is 19.1. The highest BCUT2D eigenvalue weighted by Gasteiger charge is 2.41. The summed E-state index contributed by atoms with van der Waals surface area (Å²) >= 11 is 0. The molecule has 0 spiro atoms. The monoisotopic (exact) mass is 466 g/mol. The van der Waals surface area contributed by atoms with E-state index in [1.54, 1.807) is 6.07 Å². The van der Waals surface area contributed by atoms with Crippen LogP contribution in [0.4, 0.5) is 10.1 Å². The molecule has 7 nitrogen and oxygen atoms in total. The van der Waals surface area contributed by atoms with E-state index in [1.165, 1.54) is 23.4 Å². The van der Waals surface area contributed by atoms with Gasteiger partial charge in [0.15, 0.2) is 0 Å². The van der Waals surface area contributed by atoms with Crippen molar-refractivity contribution in [3.05, 3.63) is 65.5 Å². The maximum atomic E-state index is 13.6. The molecule has 0 saturated carbocycles. The fourth-order valence-electron chi connectivity index (χ4n) is 5.33. The zero-order chi connectivity index (χ0) is 23.5. The van der Waals surface area contributed by atoms with Crippen LogP contribution in [0.2, 0.25) is 0 Å². The number of nitrogens with one attached hydrogen (secondary N) is 1. The maximum Gasteiger partial charge on any atom is 0.236 e. The summed E-state index contributed by atoms with van der Waals surface area (Å²) in [6.07, 6.45) is 0.650. The Kier molecular flexibility index (Phi) is 6.78. The lowest BCUT2D eigenvalue weighted by Gasteiger charge is -2.49. The number of hydrogen-bond acceptors (Lipinski definition) is 5. The Bertz CT molecular complexity index is 1040. The van der Waals surface area contributed by atoms with Crippen molar-refractivity contribution in [3.8, 4) is 0 Å². The number of hydrogen-bond donors (Lipinski definition) is 1. The number of anilines is 1. The molecule has 2 saturated heterocycles. The van der Waals surface area contributed by atoms with Gasteiger partial charge in [0.2, 0.25) is 11.8 Å². The lowest BCUT2D eigenvalue weighted by Crippen LogP contribution is -2.62. The van der Waals surface area contributed by atoms with Crippen molar-refractivity contribution >= 4 is 17.5 Å². The molecule has 0 radical (unpaired) electrons. The van der Waals surface area contributed by atoms with Crippen molar-refractivity contribution in [2.24, 2.45) is 5.92 Å². The molecule has 2 amide bonds. The van der Waals surface area contributed by atoms with Crippen LogP contribution in [-0.2, 0) is 27.3 Å². The van der Waals surface area contributed by atoms with Crippen LogP contribution < -0.4 is 10.2 Å². The molecule has 0 aliphatic carbocycles. The largest absolute Gasteiger partial charge is 0.378 e. The third kappa shape index (κ3) is 4.93. The lowest BCUT2D eigenvalue weighted by atomic mass is 9.83. The molecule has 0 bridgehead atoms. The number of rotatable bonds is 5. The van der Waals surface area contributed by atoms with Crippen molar-refractivity contribution in [2.75, 3.05) is 57.4 Å². The minimum atomic E-state index is -0.308. The van der Waals surface area contributed by atoms with Gasteiger partial charge in [-0.2, -0.15) is 0 Å². The first-order chi connectivity index (χ1) is 16.6. The molecule has 2 fully saturated rings. The zero-order valence-electron chi connectivity index (χ0n) is 19.3. The normalized spacial score (nSPS) is 22.6. The van der Waals surface area contributed by atoms with Crippen LogP contribution >= 0.6 is 0 Å². The maximum absolute atomic E-state index is 13.6. The van der Waals surface area contributed by atoms with E-state index in [0.29, 0.717) is 52.4 Å².